The normalized spacial score (nSPS) is 19.1. The van der Waals surface area contributed by atoms with Crippen LogP contribution in [0, 0.1) is 0 Å². The van der Waals surface area contributed by atoms with E-state index in [1.54, 1.807) is 12.1 Å². The molecule has 0 bridgehead atoms. The van der Waals surface area contributed by atoms with Gasteiger partial charge in [0.05, 0.1) is 18.4 Å². The fraction of sp³-hybridized carbons (Fsp3) is 0.333. The molecular formula is C12H13NO4S. The molecule has 1 unspecified atom stereocenters. The van der Waals surface area contributed by atoms with Crippen LogP contribution in [-0.2, 0) is 4.79 Å². The zero-order valence-corrected chi connectivity index (χ0v) is 10.7. The molecule has 1 amide bonds. The third-order valence-electron chi connectivity index (χ3n) is 2.83. The Hall–Kier alpha value is -1.69. The Morgan fingerprint density at radius 3 is 2.78 bits per heavy atom. The summed E-state index contributed by atoms with van der Waals surface area (Å²) in [6.07, 6.45) is 0.319. The van der Waals surface area contributed by atoms with E-state index in [1.807, 2.05) is 0 Å². The van der Waals surface area contributed by atoms with Crippen LogP contribution in [0.4, 0.5) is 5.69 Å². The van der Waals surface area contributed by atoms with Crippen molar-refractivity contribution in [3.8, 4) is 5.75 Å². The van der Waals surface area contributed by atoms with Crippen molar-refractivity contribution < 1.29 is 19.4 Å². The maximum atomic E-state index is 11.8. The first-order chi connectivity index (χ1) is 8.52. The van der Waals surface area contributed by atoms with E-state index in [-0.39, 0.29) is 16.7 Å². The highest BCUT2D eigenvalue weighted by molar-refractivity contribution is 7.81. The number of amides is 1. The quantitative estimate of drug-likeness (QED) is 0.813. The number of thiol groups is 1. The minimum Gasteiger partial charge on any atom is -0.497 e. The molecule has 1 aliphatic heterocycles. The van der Waals surface area contributed by atoms with E-state index in [1.165, 1.54) is 18.1 Å². The van der Waals surface area contributed by atoms with Crippen LogP contribution in [0.25, 0.3) is 0 Å². The molecule has 18 heavy (non-hydrogen) atoms. The van der Waals surface area contributed by atoms with Gasteiger partial charge in [-0.05, 0) is 12.1 Å². The molecule has 1 saturated heterocycles. The summed E-state index contributed by atoms with van der Waals surface area (Å²) in [5.41, 5.74) is 0.454. The van der Waals surface area contributed by atoms with Crippen LogP contribution >= 0.6 is 12.6 Å². The van der Waals surface area contributed by atoms with E-state index in [4.69, 9.17) is 9.84 Å². The van der Waals surface area contributed by atoms with Gasteiger partial charge in [0, 0.05) is 24.3 Å². The predicted octanol–water partition coefficient (Wildman–Crippen LogP) is 1.43. The second-order valence-corrected chi connectivity index (χ2v) is 4.78. The molecule has 2 rings (SSSR count). The molecule has 1 aromatic rings. The molecule has 0 aliphatic carbocycles. The molecule has 0 spiro atoms. The lowest BCUT2D eigenvalue weighted by Gasteiger charge is -2.19. The highest BCUT2D eigenvalue weighted by Crippen LogP contribution is 2.30. The highest BCUT2D eigenvalue weighted by atomic mass is 32.1. The average Bonchev–Trinajstić information content (AvgIpc) is 2.67. The Balaban J connectivity index is 2.47. The molecule has 0 aromatic heterocycles. The van der Waals surface area contributed by atoms with Gasteiger partial charge in [-0.25, -0.2) is 4.79 Å². The lowest BCUT2D eigenvalue weighted by Crippen LogP contribution is -2.26. The molecule has 1 aromatic carbocycles. The molecule has 1 aliphatic rings. The summed E-state index contributed by atoms with van der Waals surface area (Å²) in [6.45, 7) is 0.412. The van der Waals surface area contributed by atoms with E-state index >= 15 is 0 Å². The van der Waals surface area contributed by atoms with Gasteiger partial charge >= 0.3 is 5.97 Å². The van der Waals surface area contributed by atoms with Crippen molar-refractivity contribution in [1.82, 2.24) is 0 Å². The van der Waals surface area contributed by atoms with Crippen molar-refractivity contribution in [2.45, 2.75) is 11.7 Å². The number of methoxy groups -OCH3 is 1. The summed E-state index contributed by atoms with van der Waals surface area (Å²) < 4.78 is 5.06. The van der Waals surface area contributed by atoms with Crippen molar-refractivity contribution in [2.75, 3.05) is 18.6 Å². The second kappa shape index (κ2) is 4.89. The van der Waals surface area contributed by atoms with Crippen molar-refractivity contribution in [2.24, 2.45) is 0 Å². The van der Waals surface area contributed by atoms with Gasteiger partial charge in [-0.2, -0.15) is 12.6 Å². The number of ether oxygens (including phenoxy) is 1. The minimum atomic E-state index is -1.07. The van der Waals surface area contributed by atoms with Gasteiger partial charge in [-0.3, -0.25) is 4.79 Å². The van der Waals surface area contributed by atoms with Crippen LogP contribution in [0.15, 0.2) is 18.2 Å². The molecule has 96 valence electrons. The molecule has 6 heteroatoms. The van der Waals surface area contributed by atoms with Gasteiger partial charge in [0.1, 0.15) is 5.75 Å². The predicted molar refractivity (Wildman–Crippen MR) is 69.7 cm³/mol. The second-order valence-electron chi connectivity index (χ2n) is 4.05. The number of hydrogen-bond donors (Lipinski definition) is 2. The number of carboxylic acids is 1. The number of carbonyl (C=O) groups excluding carboxylic acids is 1. The summed E-state index contributed by atoms with van der Waals surface area (Å²) >= 11 is 4.25. The smallest absolute Gasteiger partial charge is 0.337 e. The van der Waals surface area contributed by atoms with Gasteiger partial charge in [-0.15, -0.1) is 0 Å². The Morgan fingerprint density at radius 2 is 2.28 bits per heavy atom. The summed E-state index contributed by atoms with van der Waals surface area (Å²) in [5, 5.41) is 9.08. The van der Waals surface area contributed by atoms with E-state index in [2.05, 4.69) is 12.6 Å². The van der Waals surface area contributed by atoms with Crippen LogP contribution in [0.1, 0.15) is 16.8 Å². The zero-order chi connectivity index (χ0) is 13.3. The number of nitrogens with zero attached hydrogens (tertiary/aromatic N) is 1. The van der Waals surface area contributed by atoms with Gasteiger partial charge in [0.15, 0.2) is 0 Å². The van der Waals surface area contributed by atoms with Crippen LogP contribution in [-0.4, -0.2) is 35.9 Å². The third kappa shape index (κ3) is 2.28. The molecule has 5 nitrogen and oxygen atoms in total. The topological polar surface area (TPSA) is 66.8 Å². The summed E-state index contributed by atoms with van der Waals surface area (Å²) in [5.74, 6) is -0.667. The van der Waals surface area contributed by atoms with Gasteiger partial charge in [0.25, 0.3) is 0 Å². The van der Waals surface area contributed by atoms with Crippen molar-refractivity contribution >= 4 is 30.2 Å². The van der Waals surface area contributed by atoms with Crippen molar-refractivity contribution in [1.29, 1.82) is 0 Å². The number of aromatic carboxylic acids is 1. The van der Waals surface area contributed by atoms with Gasteiger partial charge in [-0.1, -0.05) is 0 Å². The summed E-state index contributed by atoms with van der Waals surface area (Å²) in [6, 6.07) is 4.56. The number of carboxylic acid groups (broad SMARTS) is 1. The van der Waals surface area contributed by atoms with Gasteiger partial charge < -0.3 is 14.7 Å². The highest BCUT2D eigenvalue weighted by Gasteiger charge is 2.31. The first-order valence-electron chi connectivity index (χ1n) is 5.42. The molecule has 1 heterocycles. The van der Waals surface area contributed by atoms with Crippen LogP contribution in [0.3, 0.4) is 0 Å². The van der Waals surface area contributed by atoms with Gasteiger partial charge in [0.2, 0.25) is 5.91 Å². The molecule has 0 saturated carbocycles. The SMILES string of the molecule is COc1ccc(C(=O)O)c(N2CC(S)CC2=O)c1. The number of rotatable bonds is 3. The molecular weight excluding hydrogens is 254 g/mol. The molecule has 0 radical (unpaired) electrons. The fourth-order valence-corrected chi connectivity index (χ4v) is 2.28. The van der Waals surface area contributed by atoms with E-state index < -0.39 is 5.97 Å². The first-order valence-corrected chi connectivity index (χ1v) is 5.94. The Bertz CT molecular complexity index is 503. The lowest BCUT2D eigenvalue weighted by atomic mass is 10.1. The molecule has 1 atom stereocenters. The maximum absolute atomic E-state index is 11.8. The van der Waals surface area contributed by atoms with Crippen LogP contribution in [0.5, 0.6) is 5.75 Å². The lowest BCUT2D eigenvalue weighted by molar-refractivity contribution is -0.117. The van der Waals surface area contributed by atoms with Crippen LogP contribution in [0.2, 0.25) is 0 Å². The zero-order valence-electron chi connectivity index (χ0n) is 9.79. The third-order valence-corrected chi connectivity index (χ3v) is 3.18. The Morgan fingerprint density at radius 1 is 1.56 bits per heavy atom. The summed E-state index contributed by atoms with van der Waals surface area (Å²) in [7, 11) is 1.49. The standard InChI is InChI=1S/C12H13NO4S/c1-17-7-2-3-9(12(15)16)10(4-7)13-6-8(18)5-11(13)14/h2-4,8,18H,5-6H2,1H3,(H,15,16). The Kier molecular flexibility index (Phi) is 3.47. The number of hydrogen-bond acceptors (Lipinski definition) is 4. The number of anilines is 1. The monoisotopic (exact) mass is 267 g/mol. The first kappa shape index (κ1) is 12.8. The minimum absolute atomic E-state index is 0.0645. The molecule has 1 fully saturated rings. The number of benzene rings is 1. The summed E-state index contributed by atoms with van der Waals surface area (Å²) in [4.78, 5) is 24.4. The largest absolute Gasteiger partial charge is 0.497 e. The fourth-order valence-electron chi connectivity index (χ4n) is 1.96. The molecule has 1 N–H and O–H groups in total. The number of carbonyl (C=O) groups is 2. The average molecular weight is 267 g/mol. The Labute approximate surface area is 110 Å². The van der Waals surface area contributed by atoms with E-state index in [9.17, 15) is 9.59 Å². The maximum Gasteiger partial charge on any atom is 0.337 e. The van der Waals surface area contributed by atoms with Crippen molar-refractivity contribution in [3.05, 3.63) is 23.8 Å². The van der Waals surface area contributed by atoms with E-state index in [0.29, 0.717) is 24.4 Å². The van der Waals surface area contributed by atoms with Crippen LogP contribution < -0.4 is 9.64 Å². The van der Waals surface area contributed by atoms with E-state index in [0.717, 1.165) is 0 Å². The van der Waals surface area contributed by atoms with Crippen molar-refractivity contribution in [3.63, 3.8) is 0 Å².